The number of ether oxygens (including phenoxy) is 1. The molecular formula is C10H18O2S2. The van der Waals surface area contributed by atoms with Gasteiger partial charge in [-0.15, -0.1) is 0 Å². The average Bonchev–Trinajstić information content (AvgIpc) is 2.60. The van der Waals surface area contributed by atoms with Crippen molar-refractivity contribution in [1.29, 1.82) is 0 Å². The Morgan fingerprint density at radius 2 is 2.29 bits per heavy atom. The molecule has 82 valence electrons. The predicted molar refractivity (Wildman–Crippen MR) is 63.6 cm³/mol. The van der Waals surface area contributed by atoms with Gasteiger partial charge in [0.2, 0.25) is 0 Å². The summed E-state index contributed by atoms with van der Waals surface area (Å²) >= 11 is 0. The van der Waals surface area contributed by atoms with Gasteiger partial charge in [-0.2, -0.15) is 0 Å². The zero-order chi connectivity index (χ0) is 10.4. The summed E-state index contributed by atoms with van der Waals surface area (Å²) in [4.78, 5) is 10.9. The second-order valence-corrected chi connectivity index (χ2v) is 6.89. The standard InChI is InChI=1S/C10H18O2S2/c1-10(7-8-13-14-10)6-4-3-5-9(11)12-2/h3-8H2,1-2H3/t10-/m1/s1. The summed E-state index contributed by atoms with van der Waals surface area (Å²) in [6, 6.07) is 0. The number of carbonyl (C=O) groups is 1. The molecule has 1 aliphatic heterocycles. The van der Waals surface area contributed by atoms with Gasteiger partial charge in [0.15, 0.2) is 0 Å². The van der Waals surface area contributed by atoms with Crippen molar-refractivity contribution in [3.05, 3.63) is 0 Å². The number of methoxy groups -OCH3 is 1. The van der Waals surface area contributed by atoms with Crippen LogP contribution < -0.4 is 0 Å². The molecule has 0 aromatic carbocycles. The van der Waals surface area contributed by atoms with Crippen molar-refractivity contribution < 1.29 is 9.53 Å². The lowest BCUT2D eigenvalue weighted by atomic mass is 9.99. The lowest BCUT2D eigenvalue weighted by Crippen LogP contribution is -2.15. The van der Waals surface area contributed by atoms with Crippen LogP contribution in [0.5, 0.6) is 0 Å². The van der Waals surface area contributed by atoms with Crippen LogP contribution in [0.25, 0.3) is 0 Å². The minimum absolute atomic E-state index is 0.0800. The van der Waals surface area contributed by atoms with E-state index in [9.17, 15) is 4.79 Å². The van der Waals surface area contributed by atoms with Gasteiger partial charge in [0.05, 0.1) is 7.11 Å². The Kier molecular flexibility index (Phi) is 5.17. The minimum atomic E-state index is -0.0800. The van der Waals surface area contributed by atoms with Gasteiger partial charge in [0, 0.05) is 16.9 Å². The lowest BCUT2D eigenvalue weighted by molar-refractivity contribution is -0.140. The van der Waals surface area contributed by atoms with Crippen LogP contribution in [0.4, 0.5) is 0 Å². The van der Waals surface area contributed by atoms with Crippen LogP contribution in [0, 0.1) is 0 Å². The van der Waals surface area contributed by atoms with Crippen molar-refractivity contribution in [3.8, 4) is 0 Å². The number of hydrogen-bond acceptors (Lipinski definition) is 4. The molecule has 0 aliphatic carbocycles. The number of rotatable bonds is 5. The summed E-state index contributed by atoms with van der Waals surface area (Å²) in [7, 11) is 5.44. The number of hydrogen-bond donors (Lipinski definition) is 0. The van der Waals surface area contributed by atoms with Gasteiger partial charge in [0.25, 0.3) is 0 Å². The molecule has 0 saturated carbocycles. The SMILES string of the molecule is COC(=O)CCCC[C@]1(C)CCSS1. The van der Waals surface area contributed by atoms with Gasteiger partial charge >= 0.3 is 5.97 Å². The molecule has 0 radical (unpaired) electrons. The molecule has 0 N–H and O–H groups in total. The third kappa shape index (κ3) is 4.13. The van der Waals surface area contributed by atoms with Crippen LogP contribution >= 0.6 is 21.6 Å². The van der Waals surface area contributed by atoms with E-state index >= 15 is 0 Å². The Morgan fingerprint density at radius 1 is 1.50 bits per heavy atom. The first-order valence-corrected chi connectivity index (χ1v) is 7.36. The molecule has 1 rings (SSSR count). The topological polar surface area (TPSA) is 26.3 Å². The van der Waals surface area contributed by atoms with Crippen molar-refractivity contribution in [2.45, 2.75) is 43.8 Å². The Morgan fingerprint density at radius 3 is 2.86 bits per heavy atom. The summed E-state index contributed by atoms with van der Waals surface area (Å²) in [6.07, 6.45) is 5.21. The highest BCUT2D eigenvalue weighted by Crippen LogP contribution is 2.49. The van der Waals surface area contributed by atoms with Gasteiger partial charge in [-0.3, -0.25) is 4.79 Å². The highest BCUT2D eigenvalue weighted by Gasteiger charge is 2.29. The van der Waals surface area contributed by atoms with E-state index in [2.05, 4.69) is 11.7 Å². The number of esters is 1. The maximum atomic E-state index is 10.9. The molecule has 1 atom stereocenters. The van der Waals surface area contributed by atoms with E-state index in [4.69, 9.17) is 0 Å². The molecule has 0 aromatic heterocycles. The Balaban J connectivity index is 2.06. The molecule has 0 unspecified atom stereocenters. The van der Waals surface area contributed by atoms with Crippen LogP contribution in [-0.2, 0) is 9.53 Å². The third-order valence-corrected chi connectivity index (χ3v) is 5.90. The van der Waals surface area contributed by atoms with Crippen molar-refractivity contribution in [2.75, 3.05) is 12.9 Å². The molecule has 0 spiro atoms. The monoisotopic (exact) mass is 234 g/mol. The first kappa shape index (κ1) is 12.2. The molecular weight excluding hydrogens is 216 g/mol. The molecule has 1 fully saturated rings. The van der Waals surface area contributed by atoms with Gasteiger partial charge in [-0.25, -0.2) is 0 Å². The minimum Gasteiger partial charge on any atom is -0.469 e. The number of carbonyl (C=O) groups excluding carboxylic acids is 1. The van der Waals surface area contributed by atoms with Gasteiger partial charge in [-0.05, 0) is 26.2 Å². The maximum absolute atomic E-state index is 10.9. The third-order valence-electron chi connectivity index (χ3n) is 2.54. The van der Waals surface area contributed by atoms with Crippen molar-refractivity contribution in [1.82, 2.24) is 0 Å². The first-order valence-electron chi connectivity index (χ1n) is 5.04. The maximum Gasteiger partial charge on any atom is 0.305 e. The summed E-state index contributed by atoms with van der Waals surface area (Å²) in [5, 5.41) is 0. The summed E-state index contributed by atoms with van der Waals surface area (Å²) in [5.41, 5.74) is 0. The van der Waals surface area contributed by atoms with Crippen molar-refractivity contribution >= 4 is 27.6 Å². The zero-order valence-corrected chi connectivity index (χ0v) is 10.5. The zero-order valence-electron chi connectivity index (χ0n) is 8.88. The van der Waals surface area contributed by atoms with Gasteiger partial charge < -0.3 is 4.74 Å². The van der Waals surface area contributed by atoms with Gasteiger partial charge in [0.1, 0.15) is 0 Å². The van der Waals surface area contributed by atoms with E-state index in [0.717, 1.165) is 12.8 Å². The summed E-state index contributed by atoms with van der Waals surface area (Å²) in [5.74, 6) is 1.20. The van der Waals surface area contributed by atoms with Gasteiger partial charge in [-0.1, -0.05) is 28.0 Å². The molecule has 1 aliphatic rings. The van der Waals surface area contributed by atoms with Crippen molar-refractivity contribution in [2.24, 2.45) is 0 Å². The predicted octanol–water partition coefficient (Wildman–Crippen LogP) is 3.26. The smallest absolute Gasteiger partial charge is 0.305 e. The van der Waals surface area contributed by atoms with E-state index in [1.165, 1.54) is 25.7 Å². The second kappa shape index (κ2) is 5.91. The van der Waals surface area contributed by atoms with Crippen LogP contribution in [0.1, 0.15) is 39.0 Å². The molecule has 14 heavy (non-hydrogen) atoms. The fourth-order valence-corrected chi connectivity index (χ4v) is 4.82. The van der Waals surface area contributed by atoms with Crippen LogP contribution in [0.2, 0.25) is 0 Å². The number of unbranched alkanes of at least 4 members (excludes halogenated alkanes) is 1. The largest absolute Gasteiger partial charge is 0.469 e. The molecule has 0 amide bonds. The molecule has 0 bridgehead atoms. The first-order chi connectivity index (χ1) is 6.66. The second-order valence-electron chi connectivity index (χ2n) is 3.89. The van der Waals surface area contributed by atoms with E-state index in [-0.39, 0.29) is 5.97 Å². The fourth-order valence-electron chi connectivity index (χ4n) is 1.52. The van der Waals surface area contributed by atoms with Crippen LogP contribution in [0.15, 0.2) is 0 Å². The summed E-state index contributed by atoms with van der Waals surface area (Å²) in [6.45, 7) is 2.33. The van der Waals surface area contributed by atoms with E-state index in [1.807, 2.05) is 21.6 Å². The Bertz CT molecular complexity index is 189. The van der Waals surface area contributed by atoms with E-state index < -0.39 is 0 Å². The molecule has 4 heteroatoms. The molecule has 1 saturated heterocycles. The van der Waals surface area contributed by atoms with Crippen LogP contribution in [0.3, 0.4) is 0 Å². The molecule has 2 nitrogen and oxygen atoms in total. The fraction of sp³-hybridized carbons (Fsp3) is 0.900. The lowest BCUT2D eigenvalue weighted by Gasteiger charge is -2.20. The highest BCUT2D eigenvalue weighted by atomic mass is 33.1. The highest BCUT2D eigenvalue weighted by molar-refractivity contribution is 8.77. The molecule has 1 heterocycles. The quantitative estimate of drug-likeness (QED) is 0.414. The van der Waals surface area contributed by atoms with Crippen molar-refractivity contribution in [3.63, 3.8) is 0 Å². The van der Waals surface area contributed by atoms with Crippen LogP contribution in [-0.4, -0.2) is 23.6 Å². The van der Waals surface area contributed by atoms with E-state index in [1.54, 1.807) is 0 Å². The Labute approximate surface area is 93.9 Å². The Hall–Kier alpha value is 0.170. The summed E-state index contributed by atoms with van der Waals surface area (Å²) < 4.78 is 5.06. The normalized spacial score (nSPS) is 26.4. The molecule has 0 aromatic rings. The average molecular weight is 234 g/mol. The van der Waals surface area contributed by atoms with E-state index in [0.29, 0.717) is 11.2 Å².